The summed E-state index contributed by atoms with van der Waals surface area (Å²) >= 11 is 2.37. The van der Waals surface area contributed by atoms with E-state index in [1.54, 1.807) is 19.1 Å². The van der Waals surface area contributed by atoms with Gasteiger partial charge in [0.05, 0.1) is 14.2 Å². The molecule has 1 amide bonds. The number of carbonyl (C=O) groups is 1. The monoisotopic (exact) mass is 584 g/mol. The summed E-state index contributed by atoms with van der Waals surface area (Å²) in [5.41, 5.74) is 4.01. The first-order valence-electron chi connectivity index (χ1n) is 11.5. The van der Waals surface area contributed by atoms with Gasteiger partial charge in [-0.2, -0.15) is 0 Å². The fourth-order valence-corrected chi connectivity index (χ4v) is 4.77. The molecule has 6 nitrogen and oxygen atoms in total. The third-order valence-corrected chi connectivity index (χ3v) is 7.16. The largest absolute Gasteiger partial charge is 0.493 e. The van der Waals surface area contributed by atoms with E-state index in [1.807, 2.05) is 50.2 Å². The molecule has 0 atom stereocenters. The van der Waals surface area contributed by atoms with Crippen LogP contribution in [0.3, 0.4) is 0 Å². The van der Waals surface area contributed by atoms with Gasteiger partial charge in [-0.3, -0.25) is 0 Å². The highest BCUT2D eigenvalue weighted by Crippen LogP contribution is 2.41. The van der Waals surface area contributed by atoms with Crippen LogP contribution in [-0.4, -0.2) is 42.9 Å². The van der Waals surface area contributed by atoms with Crippen molar-refractivity contribution in [1.82, 2.24) is 9.47 Å². The Morgan fingerprint density at radius 1 is 0.914 bits per heavy atom. The van der Waals surface area contributed by atoms with Crippen molar-refractivity contribution in [3.8, 4) is 28.4 Å². The van der Waals surface area contributed by atoms with Gasteiger partial charge < -0.3 is 23.7 Å². The zero-order valence-electron chi connectivity index (χ0n) is 20.4. The average Bonchev–Trinajstić information content (AvgIpc) is 3.28. The van der Waals surface area contributed by atoms with E-state index in [0.29, 0.717) is 30.3 Å². The lowest BCUT2D eigenvalue weighted by molar-refractivity contribution is 0.157. The molecule has 3 aromatic carbocycles. The van der Waals surface area contributed by atoms with Gasteiger partial charge in [-0.15, -0.1) is 0 Å². The Morgan fingerprint density at radius 3 is 2.31 bits per heavy atom. The zero-order valence-corrected chi connectivity index (χ0v) is 22.5. The van der Waals surface area contributed by atoms with Gasteiger partial charge in [0.1, 0.15) is 5.75 Å². The quantitative estimate of drug-likeness (QED) is 0.214. The molecular weight excluding hydrogens is 555 g/mol. The fraction of sp³-hybridized carbons (Fsp3) is 0.250. The van der Waals surface area contributed by atoms with E-state index in [9.17, 15) is 4.79 Å². The van der Waals surface area contributed by atoms with Gasteiger partial charge in [-0.25, -0.2) is 4.79 Å². The first kappa shape index (κ1) is 24.9. The number of hydrogen-bond donors (Lipinski definition) is 0. The number of methoxy groups -OCH3 is 2. The van der Waals surface area contributed by atoms with Crippen molar-refractivity contribution < 1.29 is 19.0 Å². The van der Waals surface area contributed by atoms with Gasteiger partial charge in [0.25, 0.3) is 0 Å². The van der Waals surface area contributed by atoms with E-state index < -0.39 is 0 Å². The van der Waals surface area contributed by atoms with Crippen molar-refractivity contribution in [1.29, 1.82) is 0 Å². The summed E-state index contributed by atoms with van der Waals surface area (Å²) in [6.07, 6.45) is 1.71. The predicted molar refractivity (Wildman–Crippen MR) is 148 cm³/mol. The Morgan fingerprint density at radius 2 is 1.63 bits per heavy atom. The molecule has 0 saturated carbocycles. The molecule has 1 aromatic heterocycles. The standard InChI is InChI=1S/C28H29IN2O4/c1-5-30(6-2)28(32)35-25-14-12-23-21(15-16-31(23)18-20-9-7-8-10-22(20)29)27(25)19-11-13-24(33-3)26(17-19)34-4/h7-17H,5-6,18H2,1-4H3. The number of halogens is 1. The Kier molecular flexibility index (Phi) is 7.85. The fourth-order valence-electron chi connectivity index (χ4n) is 4.22. The highest BCUT2D eigenvalue weighted by molar-refractivity contribution is 14.1. The topological polar surface area (TPSA) is 52.9 Å². The molecule has 0 aliphatic rings. The molecule has 0 unspecified atom stereocenters. The van der Waals surface area contributed by atoms with Gasteiger partial charge in [0.15, 0.2) is 11.5 Å². The lowest BCUT2D eigenvalue weighted by Gasteiger charge is -2.20. The van der Waals surface area contributed by atoms with Crippen molar-refractivity contribution in [2.24, 2.45) is 0 Å². The second-order valence-electron chi connectivity index (χ2n) is 8.02. The van der Waals surface area contributed by atoms with Crippen LogP contribution in [0.25, 0.3) is 22.0 Å². The number of fused-ring (bicyclic) bond motifs is 1. The number of amides is 1. The molecule has 0 spiro atoms. The minimum atomic E-state index is -0.366. The molecule has 0 radical (unpaired) electrons. The maximum atomic E-state index is 12.9. The van der Waals surface area contributed by atoms with Crippen LogP contribution < -0.4 is 14.2 Å². The van der Waals surface area contributed by atoms with E-state index in [0.717, 1.165) is 28.6 Å². The lowest BCUT2D eigenvalue weighted by atomic mass is 10.00. The van der Waals surface area contributed by atoms with Gasteiger partial charge in [0, 0.05) is 45.9 Å². The van der Waals surface area contributed by atoms with Crippen LogP contribution in [0.2, 0.25) is 0 Å². The van der Waals surface area contributed by atoms with Crippen LogP contribution in [0.5, 0.6) is 17.2 Å². The highest BCUT2D eigenvalue weighted by atomic mass is 127. The maximum Gasteiger partial charge on any atom is 0.415 e. The van der Waals surface area contributed by atoms with Crippen molar-refractivity contribution in [3.63, 3.8) is 0 Å². The van der Waals surface area contributed by atoms with Crippen LogP contribution in [0, 0.1) is 3.57 Å². The summed E-state index contributed by atoms with van der Waals surface area (Å²) in [6.45, 7) is 5.78. The number of benzene rings is 3. The van der Waals surface area contributed by atoms with E-state index >= 15 is 0 Å². The van der Waals surface area contributed by atoms with Crippen LogP contribution in [0.4, 0.5) is 4.79 Å². The minimum absolute atomic E-state index is 0.366. The second kappa shape index (κ2) is 11.0. The summed E-state index contributed by atoms with van der Waals surface area (Å²) in [7, 11) is 3.22. The van der Waals surface area contributed by atoms with Gasteiger partial charge in [-0.05, 0) is 84.0 Å². The average molecular weight is 584 g/mol. The summed E-state index contributed by atoms with van der Waals surface area (Å²) in [4.78, 5) is 14.5. The smallest absolute Gasteiger partial charge is 0.415 e. The van der Waals surface area contributed by atoms with Crippen molar-refractivity contribution >= 4 is 39.6 Å². The highest BCUT2D eigenvalue weighted by Gasteiger charge is 2.20. The van der Waals surface area contributed by atoms with Crippen molar-refractivity contribution in [2.75, 3.05) is 27.3 Å². The number of aromatic nitrogens is 1. The first-order valence-corrected chi connectivity index (χ1v) is 12.6. The van der Waals surface area contributed by atoms with Gasteiger partial charge in [0.2, 0.25) is 0 Å². The SMILES string of the molecule is CCN(CC)C(=O)Oc1ccc2c(ccn2Cc2ccccc2I)c1-c1ccc(OC)c(OC)c1. The van der Waals surface area contributed by atoms with Crippen LogP contribution in [-0.2, 0) is 6.54 Å². The Hall–Kier alpha value is -3.20. The Bertz CT molecular complexity index is 1340. The molecule has 0 N–H and O–H groups in total. The lowest BCUT2D eigenvalue weighted by Crippen LogP contribution is -2.33. The molecule has 0 aliphatic heterocycles. The maximum absolute atomic E-state index is 12.9. The minimum Gasteiger partial charge on any atom is -0.493 e. The summed E-state index contributed by atoms with van der Waals surface area (Å²) in [6, 6.07) is 20.1. The molecule has 0 fully saturated rings. The number of ether oxygens (including phenoxy) is 3. The van der Waals surface area contributed by atoms with E-state index in [2.05, 4.69) is 57.6 Å². The molecule has 0 saturated heterocycles. The first-order chi connectivity index (χ1) is 17.0. The van der Waals surface area contributed by atoms with Crippen LogP contribution in [0.15, 0.2) is 66.9 Å². The molecule has 7 heteroatoms. The molecule has 0 aliphatic carbocycles. The zero-order chi connectivity index (χ0) is 24.9. The summed E-state index contributed by atoms with van der Waals surface area (Å²) in [5, 5.41) is 0.994. The Labute approximate surface area is 219 Å². The van der Waals surface area contributed by atoms with Gasteiger partial charge >= 0.3 is 6.09 Å². The normalized spacial score (nSPS) is 10.9. The molecular formula is C28H29IN2O4. The summed E-state index contributed by atoms with van der Waals surface area (Å²) in [5.74, 6) is 1.76. The van der Waals surface area contributed by atoms with Crippen LogP contribution >= 0.6 is 22.6 Å². The van der Waals surface area contributed by atoms with E-state index in [1.165, 1.54) is 9.13 Å². The molecule has 4 rings (SSSR count). The number of nitrogens with zero attached hydrogens (tertiary/aromatic N) is 2. The van der Waals surface area contributed by atoms with Crippen LogP contribution in [0.1, 0.15) is 19.4 Å². The number of hydrogen-bond acceptors (Lipinski definition) is 4. The second-order valence-corrected chi connectivity index (χ2v) is 9.18. The molecule has 182 valence electrons. The van der Waals surface area contributed by atoms with Crippen molar-refractivity contribution in [3.05, 3.63) is 76.0 Å². The van der Waals surface area contributed by atoms with E-state index in [-0.39, 0.29) is 6.09 Å². The van der Waals surface area contributed by atoms with E-state index in [4.69, 9.17) is 14.2 Å². The third-order valence-electron chi connectivity index (χ3n) is 6.10. The van der Waals surface area contributed by atoms with Crippen molar-refractivity contribution in [2.45, 2.75) is 20.4 Å². The predicted octanol–water partition coefficient (Wildman–Crippen LogP) is 6.82. The molecule has 4 aromatic rings. The Balaban J connectivity index is 1.86. The number of carbonyl (C=O) groups excluding carboxylic acids is 1. The summed E-state index contributed by atoms with van der Waals surface area (Å²) < 4.78 is 20.4. The molecule has 35 heavy (non-hydrogen) atoms. The third kappa shape index (κ3) is 5.10. The molecule has 0 bridgehead atoms. The van der Waals surface area contributed by atoms with Gasteiger partial charge in [-0.1, -0.05) is 24.3 Å². The number of rotatable bonds is 8. The molecule has 1 heterocycles.